The van der Waals surface area contributed by atoms with Gasteiger partial charge in [0.25, 0.3) is 0 Å². The molecule has 1 aromatic heterocycles. The summed E-state index contributed by atoms with van der Waals surface area (Å²) in [6.45, 7) is 0. The molecule has 0 unspecified atom stereocenters. The van der Waals surface area contributed by atoms with E-state index in [1.807, 2.05) is 0 Å². The Balaban J connectivity index is 2.76. The summed E-state index contributed by atoms with van der Waals surface area (Å²) in [7, 11) is 1.38. The molecule has 86 valence electrons. The molecule has 1 aromatic rings. The maximum Gasteiger partial charge on any atom is 0.312 e. The van der Waals surface area contributed by atoms with Crippen molar-refractivity contribution >= 4 is 29.4 Å². The van der Waals surface area contributed by atoms with Crippen molar-refractivity contribution in [2.75, 3.05) is 12.4 Å². The zero-order valence-corrected chi connectivity index (χ0v) is 8.98. The molecule has 0 bridgehead atoms. The molecule has 0 saturated carbocycles. The van der Waals surface area contributed by atoms with E-state index in [1.54, 1.807) is 0 Å². The molecule has 8 heteroatoms. The van der Waals surface area contributed by atoms with Gasteiger partial charge in [0, 0.05) is 6.07 Å². The fourth-order valence-corrected chi connectivity index (χ4v) is 1.04. The summed E-state index contributed by atoms with van der Waals surface area (Å²) >= 11 is 5.62. The third-order valence-electron chi connectivity index (χ3n) is 1.44. The molecule has 0 saturated heterocycles. The van der Waals surface area contributed by atoms with Crippen LogP contribution < -0.4 is 10.1 Å². The van der Waals surface area contributed by atoms with Crippen LogP contribution in [0.25, 0.3) is 0 Å². The molecule has 0 radical (unpaired) electrons. The van der Waals surface area contributed by atoms with E-state index in [4.69, 9.17) is 21.4 Å². The first-order valence-electron chi connectivity index (χ1n) is 4.11. The van der Waals surface area contributed by atoms with Crippen molar-refractivity contribution < 1.29 is 19.4 Å². The Morgan fingerprint density at radius 1 is 1.56 bits per heavy atom. The van der Waals surface area contributed by atoms with E-state index in [0.29, 0.717) is 0 Å². The third kappa shape index (κ3) is 3.70. The number of carbonyl (C=O) groups is 2. The second-order valence-corrected chi connectivity index (χ2v) is 3.06. The van der Waals surface area contributed by atoms with E-state index in [1.165, 1.54) is 13.2 Å². The molecule has 0 aliphatic rings. The van der Waals surface area contributed by atoms with Crippen LogP contribution in [0.1, 0.15) is 6.42 Å². The minimum atomic E-state index is -1.24. The van der Waals surface area contributed by atoms with Gasteiger partial charge in [0.05, 0.1) is 7.11 Å². The van der Waals surface area contributed by atoms with Crippen LogP contribution in [-0.4, -0.2) is 34.1 Å². The number of carboxylic acids is 1. The van der Waals surface area contributed by atoms with Crippen molar-refractivity contribution in [2.45, 2.75) is 6.42 Å². The van der Waals surface area contributed by atoms with Gasteiger partial charge in [-0.2, -0.15) is 4.98 Å². The van der Waals surface area contributed by atoms with Gasteiger partial charge in [-0.15, -0.1) is 0 Å². The topological polar surface area (TPSA) is 101 Å². The van der Waals surface area contributed by atoms with Crippen LogP contribution in [0.4, 0.5) is 5.95 Å². The van der Waals surface area contributed by atoms with Gasteiger partial charge in [0.15, 0.2) is 0 Å². The van der Waals surface area contributed by atoms with Crippen LogP contribution >= 0.6 is 11.6 Å². The fourth-order valence-electron chi connectivity index (χ4n) is 0.864. The molecule has 0 aliphatic heterocycles. The van der Waals surface area contributed by atoms with Gasteiger partial charge in [-0.25, -0.2) is 4.98 Å². The number of ether oxygens (including phenoxy) is 1. The van der Waals surface area contributed by atoms with E-state index in [-0.39, 0.29) is 17.0 Å². The predicted octanol–water partition coefficient (Wildman–Crippen LogP) is 0.552. The van der Waals surface area contributed by atoms with Crippen LogP contribution in [0.2, 0.25) is 5.15 Å². The molecular weight excluding hydrogens is 238 g/mol. The van der Waals surface area contributed by atoms with E-state index in [0.717, 1.165) is 0 Å². The van der Waals surface area contributed by atoms with Gasteiger partial charge in [0.2, 0.25) is 17.7 Å². The summed E-state index contributed by atoms with van der Waals surface area (Å²) in [6.07, 6.45) is -0.668. The fraction of sp³-hybridized carbons (Fsp3) is 0.250. The van der Waals surface area contributed by atoms with E-state index >= 15 is 0 Å². The molecule has 1 rings (SSSR count). The average molecular weight is 246 g/mol. The average Bonchev–Trinajstić information content (AvgIpc) is 2.14. The molecule has 0 atom stereocenters. The number of anilines is 1. The van der Waals surface area contributed by atoms with Crippen LogP contribution in [0.3, 0.4) is 0 Å². The summed E-state index contributed by atoms with van der Waals surface area (Å²) in [5.74, 6) is -1.91. The molecule has 0 spiro atoms. The zero-order chi connectivity index (χ0) is 12.1. The van der Waals surface area contributed by atoms with Crippen molar-refractivity contribution in [1.29, 1.82) is 0 Å². The van der Waals surface area contributed by atoms with Crippen LogP contribution in [0.15, 0.2) is 6.07 Å². The number of amides is 1. The highest BCUT2D eigenvalue weighted by Gasteiger charge is 2.10. The summed E-state index contributed by atoms with van der Waals surface area (Å²) < 4.78 is 4.80. The van der Waals surface area contributed by atoms with Gasteiger partial charge in [-0.1, -0.05) is 11.6 Å². The number of carboxylic acid groups (broad SMARTS) is 1. The lowest BCUT2D eigenvalue weighted by Gasteiger charge is -2.04. The largest absolute Gasteiger partial charge is 0.481 e. The number of hydrogen-bond acceptors (Lipinski definition) is 5. The highest BCUT2D eigenvalue weighted by Crippen LogP contribution is 2.15. The first-order valence-corrected chi connectivity index (χ1v) is 4.49. The molecular formula is C8H8ClN3O4. The maximum atomic E-state index is 11.1. The SMILES string of the molecule is COc1cc(Cl)nc(NC(=O)CC(=O)O)n1. The molecule has 2 N–H and O–H groups in total. The van der Waals surface area contributed by atoms with Crippen molar-refractivity contribution in [3.05, 3.63) is 11.2 Å². The molecule has 0 aromatic carbocycles. The van der Waals surface area contributed by atoms with E-state index < -0.39 is 18.3 Å². The minimum Gasteiger partial charge on any atom is -0.481 e. The number of nitrogens with zero attached hydrogens (tertiary/aromatic N) is 2. The third-order valence-corrected chi connectivity index (χ3v) is 1.64. The summed E-state index contributed by atoms with van der Waals surface area (Å²) in [5.41, 5.74) is 0. The monoisotopic (exact) mass is 245 g/mol. The van der Waals surface area contributed by atoms with Gasteiger partial charge >= 0.3 is 5.97 Å². The summed E-state index contributed by atoms with van der Waals surface area (Å²) in [4.78, 5) is 28.8. The number of carbonyl (C=O) groups excluding carboxylic acids is 1. The van der Waals surface area contributed by atoms with Crippen LogP contribution in [-0.2, 0) is 9.59 Å². The highest BCUT2D eigenvalue weighted by atomic mass is 35.5. The first kappa shape index (κ1) is 12.2. The normalized spacial score (nSPS) is 9.62. The van der Waals surface area contributed by atoms with Crippen LogP contribution in [0, 0.1) is 0 Å². The Morgan fingerprint density at radius 3 is 2.81 bits per heavy atom. The Morgan fingerprint density at radius 2 is 2.25 bits per heavy atom. The zero-order valence-electron chi connectivity index (χ0n) is 8.23. The van der Waals surface area contributed by atoms with Gasteiger partial charge < -0.3 is 9.84 Å². The molecule has 16 heavy (non-hydrogen) atoms. The number of rotatable bonds is 4. The van der Waals surface area contributed by atoms with Crippen molar-refractivity contribution in [3.63, 3.8) is 0 Å². The number of aliphatic carboxylic acids is 1. The minimum absolute atomic E-state index is 0.0810. The van der Waals surface area contributed by atoms with Gasteiger partial charge in [0.1, 0.15) is 11.6 Å². The number of nitrogens with one attached hydrogen (secondary N) is 1. The molecule has 7 nitrogen and oxygen atoms in total. The second-order valence-electron chi connectivity index (χ2n) is 2.68. The lowest BCUT2D eigenvalue weighted by molar-refractivity contribution is -0.139. The summed E-state index contributed by atoms with van der Waals surface area (Å²) in [6, 6.07) is 1.36. The Bertz CT molecular complexity index is 424. The molecule has 0 aliphatic carbocycles. The number of halogens is 1. The van der Waals surface area contributed by atoms with E-state index in [2.05, 4.69) is 15.3 Å². The predicted molar refractivity (Wildman–Crippen MR) is 54.5 cm³/mol. The van der Waals surface area contributed by atoms with Crippen molar-refractivity contribution in [3.8, 4) is 5.88 Å². The standard InChI is InChI=1S/C8H8ClN3O4/c1-16-6-2-4(9)10-8(12-6)11-5(13)3-7(14)15/h2H,3H2,1H3,(H,14,15)(H,10,11,12,13). The quantitative estimate of drug-likeness (QED) is 0.593. The van der Waals surface area contributed by atoms with Crippen molar-refractivity contribution in [2.24, 2.45) is 0 Å². The first-order chi connectivity index (χ1) is 7.51. The van der Waals surface area contributed by atoms with Gasteiger partial charge in [-0.3, -0.25) is 14.9 Å². The number of methoxy groups -OCH3 is 1. The lowest BCUT2D eigenvalue weighted by atomic mass is 10.4. The summed E-state index contributed by atoms with van der Waals surface area (Å²) in [5, 5.41) is 10.6. The highest BCUT2D eigenvalue weighted by molar-refractivity contribution is 6.29. The van der Waals surface area contributed by atoms with Crippen LogP contribution in [0.5, 0.6) is 5.88 Å². The maximum absolute atomic E-state index is 11.1. The Labute approximate surface area is 95.4 Å². The number of aromatic nitrogens is 2. The second kappa shape index (κ2) is 5.26. The molecule has 1 amide bonds. The Kier molecular flexibility index (Phi) is 4.01. The molecule has 1 heterocycles. The van der Waals surface area contributed by atoms with Crippen molar-refractivity contribution in [1.82, 2.24) is 9.97 Å². The Hall–Kier alpha value is -1.89. The smallest absolute Gasteiger partial charge is 0.312 e. The number of hydrogen-bond donors (Lipinski definition) is 2. The lowest BCUT2D eigenvalue weighted by Crippen LogP contribution is -2.17. The van der Waals surface area contributed by atoms with Gasteiger partial charge in [-0.05, 0) is 0 Å². The molecule has 0 fully saturated rings. The van der Waals surface area contributed by atoms with E-state index in [9.17, 15) is 9.59 Å².